The Kier molecular flexibility index (Phi) is 3.94. The third-order valence-electron chi connectivity index (χ3n) is 2.70. The van der Waals surface area contributed by atoms with Crippen LogP contribution in [0.25, 0.3) is 0 Å². The van der Waals surface area contributed by atoms with Gasteiger partial charge in [-0.05, 0) is 34.6 Å². The molecule has 0 aliphatic carbocycles. The monoisotopic (exact) mass is 244 g/mol. The first kappa shape index (κ1) is 14.1. The molecule has 0 bridgehead atoms. The molecule has 0 radical (unpaired) electrons. The van der Waals surface area contributed by atoms with Crippen LogP contribution in [0.15, 0.2) is 0 Å². The normalized spacial score (nSPS) is 23.5. The zero-order valence-electron chi connectivity index (χ0n) is 11.0. The van der Waals surface area contributed by atoms with Gasteiger partial charge in [-0.3, -0.25) is 9.59 Å². The minimum atomic E-state index is -1.20. The van der Waals surface area contributed by atoms with Gasteiger partial charge in [0.15, 0.2) is 11.6 Å². The standard InChI is InChI=1S/C12H20O5/c1-6-15-10(14)11(2,3)9(13)8-7-16-12(4,5)17-8/h8H,6-7H2,1-5H3/t8-/m1/s1. The molecule has 0 amide bonds. The van der Waals surface area contributed by atoms with Crippen molar-refractivity contribution in [3.63, 3.8) is 0 Å². The van der Waals surface area contributed by atoms with E-state index >= 15 is 0 Å². The first-order valence-corrected chi connectivity index (χ1v) is 5.74. The van der Waals surface area contributed by atoms with E-state index in [1.807, 2.05) is 0 Å². The third-order valence-corrected chi connectivity index (χ3v) is 2.70. The van der Waals surface area contributed by atoms with Crippen molar-refractivity contribution in [2.45, 2.75) is 46.5 Å². The summed E-state index contributed by atoms with van der Waals surface area (Å²) >= 11 is 0. The van der Waals surface area contributed by atoms with Crippen LogP contribution in [0.1, 0.15) is 34.6 Å². The molecule has 17 heavy (non-hydrogen) atoms. The van der Waals surface area contributed by atoms with E-state index in [1.165, 1.54) is 0 Å². The quantitative estimate of drug-likeness (QED) is 0.551. The van der Waals surface area contributed by atoms with E-state index in [4.69, 9.17) is 14.2 Å². The Morgan fingerprint density at radius 3 is 2.41 bits per heavy atom. The number of hydrogen-bond donors (Lipinski definition) is 0. The Morgan fingerprint density at radius 2 is 2.00 bits per heavy atom. The van der Waals surface area contributed by atoms with Crippen molar-refractivity contribution in [3.05, 3.63) is 0 Å². The van der Waals surface area contributed by atoms with Gasteiger partial charge in [-0.15, -0.1) is 0 Å². The Hall–Kier alpha value is -0.940. The van der Waals surface area contributed by atoms with Crippen LogP contribution in [-0.2, 0) is 23.8 Å². The molecular formula is C12H20O5. The molecule has 1 heterocycles. The maximum absolute atomic E-state index is 12.2. The summed E-state index contributed by atoms with van der Waals surface area (Å²) in [7, 11) is 0. The van der Waals surface area contributed by atoms with Crippen molar-refractivity contribution in [1.82, 2.24) is 0 Å². The van der Waals surface area contributed by atoms with Crippen LogP contribution in [0.3, 0.4) is 0 Å². The molecule has 1 saturated heterocycles. The minimum absolute atomic E-state index is 0.175. The number of carbonyl (C=O) groups excluding carboxylic acids is 2. The highest BCUT2D eigenvalue weighted by molar-refractivity contribution is 6.05. The number of ketones is 1. The number of Topliss-reactive ketones (excluding diaryl/α,β-unsaturated/α-hetero) is 1. The van der Waals surface area contributed by atoms with Gasteiger partial charge in [-0.25, -0.2) is 0 Å². The molecule has 1 aliphatic rings. The molecule has 1 rings (SSSR count). The molecule has 0 N–H and O–H groups in total. The fourth-order valence-electron chi connectivity index (χ4n) is 1.63. The number of esters is 1. The largest absolute Gasteiger partial charge is 0.465 e. The molecule has 5 nitrogen and oxygen atoms in total. The Morgan fingerprint density at radius 1 is 1.41 bits per heavy atom. The van der Waals surface area contributed by atoms with Crippen LogP contribution < -0.4 is 0 Å². The molecule has 0 aromatic heterocycles. The van der Waals surface area contributed by atoms with Crippen LogP contribution in [0.5, 0.6) is 0 Å². The van der Waals surface area contributed by atoms with E-state index in [2.05, 4.69) is 0 Å². The van der Waals surface area contributed by atoms with Gasteiger partial charge in [0.25, 0.3) is 0 Å². The summed E-state index contributed by atoms with van der Waals surface area (Å²) in [6, 6.07) is 0. The van der Waals surface area contributed by atoms with Crippen LogP contribution in [0.4, 0.5) is 0 Å². The van der Waals surface area contributed by atoms with E-state index in [9.17, 15) is 9.59 Å². The molecule has 0 aromatic rings. The number of rotatable bonds is 4. The molecule has 1 aliphatic heterocycles. The Labute approximate surface area is 101 Å². The summed E-state index contributed by atoms with van der Waals surface area (Å²) < 4.78 is 15.6. The van der Waals surface area contributed by atoms with Crippen LogP contribution in [0.2, 0.25) is 0 Å². The van der Waals surface area contributed by atoms with Gasteiger partial charge in [0.2, 0.25) is 0 Å². The molecule has 0 unspecified atom stereocenters. The van der Waals surface area contributed by atoms with E-state index in [-0.39, 0.29) is 19.0 Å². The molecule has 1 atom stereocenters. The summed E-state index contributed by atoms with van der Waals surface area (Å²) in [5.74, 6) is -1.61. The predicted octanol–water partition coefficient (Wildman–Crippen LogP) is 1.30. The Balaban J connectivity index is 2.73. The minimum Gasteiger partial charge on any atom is -0.465 e. The smallest absolute Gasteiger partial charge is 0.319 e. The molecular weight excluding hydrogens is 224 g/mol. The third kappa shape index (κ3) is 3.04. The predicted molar refractivity (Wildman–Crippen MR) is 60.3 cm³/mol. The second-order valence-corrected chi connectivity index (χ2v) is 5.03. The number of ether oxygens (including phenoxy) is 3. The maximum atomic E-state index is 12.2. The Bertz CT molecular complexity index is 319. The van der Waals surface area contributed by atoms with E-state index < -0.39 is 23.3 Å². The first-order valence-electron chi connectivity index (χ1n) is 5.74. The lowest BCUT2D eigenvalue weighted by Crippen LogP contribution is -2.43. The van der Waals surface area contributed by atoms with Crippen LogP contribution in [-0.4, -0.2) is 36.9 Å². The van der Waals surface area contributed by atoms with Gasteiger partial charge < -0.3 is 14.2 Å². The lowest BCUT2D eigenvalue weighted by molar-refractivity contribution is -0.168. The summed E-state index contributed by atoms with van der Waals surface area (Å²) in [4.78, 5) is 23.9. The number of hydrogen-bond acceptors (Lipinski definition) is 5. The number of carbonyl (C=O) groups is 2. The van der Waals surface area contributed by atoms with Gasteiger partial charge in [0, 0.05) is 0 Å². The van der Waals surface area contributed by atoms with Gasteiger partial charge >= 0.3 is 5.97 Å². The topological polar surface area (TPSA) is 61.8 Å². The van der Waals surface area contributed by atoms with Crippen molar-refractivity contribution < 1.29 is 23.8 Å². The van der Waals surface area contributed by atoms with E-state index in [1.54, 1.807) is 34.6 Å². The van der Waals surface area contributed by atoms with Crippen molar-refractivity contribution >= 4 is 11.8 Å². The molecule has 98 valence electrons. The average Bonchev–Trinajstić information content (AvgIpc) is 2.58. The zero-order chi connectivity index (χ0) is 13.3. The molecule has 0 spiro atoms. The molecule has 5 heteroatoms. The highest BCUT2D eigenvalue weighted by Gasteiger charge is 2.46. The summed E-state index contributed by atoms with van der Waals surface area (Å²) in [5.41, 5.74) is -1.20. The van der Waals surface area contributed by atoms with Crippen LogP contribution >= 0.6 is 0 Å². The lowest BCUT2D eigenvalue weighted by Gasteiger charge is -2.24. The second-order valence-electron chi connectivity index (χ2n) is 5.03. The van der Waals surface area contributed by atoms with E-state index in [0.717, 1.165) is 0 Å². The lowest BCUT2D eigenvalue weighted by atomic mass is 9.85. The average molecular weight is 244 g/mol. The SMILES string of the molecule is CCOC(=O)C(C)(C)C(=O)[C@H]1COC(C)(C)O1. The van der Waals surface area contributed by atoms with Gasteiger partial charge in [-0.1, -0.05) is 0 Å². The highest BCUT2D eigenvalue weighted by atomic mass is 16.7. The molecule has 0 saturated carbocycles. The van der Waals surface area contributed by atoms with Gasteiger partial charge in [0.1, 0.15) is 11.5 Å². The molecule has 0 aromatic carbocycles. The second kappa shape index (κ2) is 4.74. The summed E-state index contributed by atoms with van der Waals surface area (Å²) in [5, 5.41) is 0. The fourth-order valence-corrected chi connectivity index (χ4v) is 1.63. The zero-order valence-corrected chi connectivity index (χ0v) is 11.0. The van der Waals surface area contributed by atoms with Crippen molar-refractivity contribution in [2.75, 3.05) is 13.2 Å². The maximum Gasteiger partial charge on any atom is 0.319 e. The van der Waals surface area contributed by atoms with Gasteiger partial charge in [-0.2, -0.15) is 0 Å². The fraction of sp³-hybridized carbons (Fsp3) is 0.833. The van der Waals surface area contributed by atoms with Crippen molar-refractivity contribution in [2.24, 2.45) is 5.41 Å². The highest BCUT2D eigenvalue weighted by Crippen LogP contribution is 2.29. The first-order chi connectivity index (χ1) is 7.70. The summed E-state index contributed by atoms with van der Waals surface area (Å²) in [6.07, 6.45) is -0.704. The van der Waals surface area contributed by atoms with Crippen molar-refractivity contribution in [1.29, 1.82) is 0 Å². The summed E-state index contributed by atoms with van der Waals surface area (Å²) in [6.45, 7) is 8.69. The van der Waals surface area contributed by atoms with Crippen molar-refractivity contribution in [3.8, 4) is 0 Å². The van der Waals surface area contributed by atoms with Crippen LogP contribution in [0, 0.1) is 5.41 Å². The molecule has 1 fully saturated rings. The van der Waals surface area contributed by atoms with Gasteiger partial charge in [0.05, 0.1) is 13.2 Å². The van der Waals surface area contributed by atoms with E-state index in [0.29, 0.717) is 0 Å².